The fourth-order valence-electron chi connectivity index (χ4n) is 2.86. The van der Waals surface area contributed by atoms with E-state index in [9.17, 15) is 9.18 Å². The van der Waals surface area contributed by atoms with E-state index in [4.69, 9.17) is 11.6 Å². The van der Waals surface area contributed by atoms with Gasteiger partial charge in [0.15, 0.2) is 0 Å². The lowest BCUT2D eigenvalue weighted by Gasteiger charge is -2.35. The lowest BCUT2D eigenvalue weighted by molar-refractivity contribution is -0.132. The monoisotopic (exact) mass is 347 g/mol. The lowest BCUT2D eigenvalue weighted by Crippen LogP contribution is -2.48. The predicted molar refractivity (Wildman–Crippen MR) is 91.2 cm³/mol. The number of piperazine rings is 1. The third-order valence-corrected chi connectivity index (χ3v) is 4.56. The third-order valence-electron chi connectivity index (χ3n) is 4.22. The molecule has 0 spiro atoms. The van der Waals surface area contributed by atoms with Crippen LogP contribution in [0.25, 0.3) is 0 Å². The molecule has 0 atom stereocenters. The van der Waals surface area contributed by atoms with Gasteiger partial charge in [0.05, 0.1) is 11.4 Å². The van der Waals surface area contributed by atoms with Gasteiger partial charge in [-0.25, -0.2) is 4.39 Å². The maximum absolute atomic E-state index is 13.2. The Morgan fingerprint density at radius 1 is 1.21 bits per heavy atom. The van der Waals surface area contributed by atoms with Gasteiger partial charge in [0.1, 0.15) is 5.82 Å². The van der Waals surface area contributed by atoms with Crippen LogP contribution in [0.2, 0.25) is 5.02 Å². The van der Waals surface area contributed by atoms with Crippen molar-refractivity contribution in [2.24, 2.45) is 0 Å². The largest absolute Gasteiger partial charge is 0.340 e. The topological polar surface area (TPSA) is 36.4 Å². The number of carbonyl (C=O) groups is 1. The fraction of sp³-hybridized carbons (Fsp3) is 0.333. The molecule has 1 aromatic heterocycles. The molecule has 24 heavy (non-hydrogen) atoms. The SMILES string of the molecule is O=C(Cc1cccc(F)c1)N1CCN(Cc2ccncc2Cl)CC1. The first-order chi connectivity index (χ1) is 11.6. The summed E-state index contributed by atoms with van der Waals surface area (Å²) in [5.41, 5.74) is 1.76. The second-order valence-corrected chi connectivity index (χ2v) is 6.34. The van der Waals surface area contributed by atoms with Crippen LogP contribution >= 0.6 is 11.6 Å². The van der Waals surface area contributed by atoms with Crippen LogP contribution in [-0.4, -0.2) is 46.9 Å². The standard InChI is InChI=1S/C18H19ClFN3O/c19-17-12-21-5-4-15(17)13-22-6-8-23(9-7-22)18(24)11-14-2-1-3-16(20)10-14/h1-5,10,12H,6-9,11,13H2. The molecule has 0 radical (unpaired) electrons. The average Bonchev–Trinajstić information content (AvgIpc) is 2.57. The molecular weight excluding hydrogens is 329 g/mol. The molecule has 2 aromatic rings. The molecule has 1 aromatic carbocycles. The Hall–Kier alpha value is -1.98. The molecule has 0 saturated carbocycles. The first-order valence-electron chi connectivity index (χ1n) is 7.95. The second-order valence-electron chi connectivity index (χ2n) is 5.93. The first kappa shape index (κ1) is 16.9. The number of nitrogens with zero attached hydrogens (tertiary/aromatic N) is 3. The summed E-state index contributed by atoms with van der Waals surface area (Å²) in [7, 11) is 0. The van der Waals surface area contributed by atoms with Crippen molar-refractivity contribution in [2.75, 3.05) is 26.2 Å². The molecule has 1 amide bonds. The van der Waals surface area contributed by atoms with Crippen LogP contribution in [0.5, 0.6) is 0 Å². The van der Waals surface area contributed by atoms with E-state index in [1.165, 1.54) is 12.1 Å². The van der Waals surface area contributed by atoms with Crippen molar-refractivity contribution < 1.29 is 9.18 Å². The predicted octanol–water partition coefficient (Wildman–Crippen LogP) is 2.76. The molecule has 4 nitrogen and oxygen atoms in total. The van der Waals surface area contributed by atoms with Gasteiger partial charge in [0, 0.05) is 45.1 Å². The van der Waals surface area contributed by atoms with Gasteiger partial charge >= 0.3 is 0 Å². The molecule has 0 N–H and O–H groups in total. The summed E-state index contributed by atoms with van der Waals surface area (Å²) in [6, 6.07) is 8.14. The van der Waals surface area contributed by atoms with E-state index in [2.05, 4.69) is 9.88 Å². The van der Waals surface area contributed by atoms with Crippen LogP contribution in [-0.2, 0) is 17.8 Å². The number of carbonyl (C=O) groups excluding carboxylic acids is 1. The van der Waals surface area contributed by atoms with Crippen LogP contribution in [0.15, 0.2) is 42.7 Å². The highest BCUT2D eigenvalue weighted by Crippen LogP contribution is 2.17. The van der Waals surface area contributed by atoms with Crippen molar-refractivity contribution in [3.63, 3.8) is 0 Å². The van der Waals surface area contributed by atoms with Crippen LogP contribution < -0.4 is 0 Å². The molecule has 1 saturated heterocycles. The molecule has 0 unspecified atom stereocenters. The van der Waals surface area contributed by atoms with Gasteiger partial charge in [-0.05, 0) is 29.3 Å². The van der Waals surface area contributed by atoms with Gasteiger partial charge in [-0.1, -0.05) is 23.7 Å². The fourth-order valence-corrected chi connectivity index (χ4v) is 3.04. The normalized spacial score (nSPS) is 15.5. The van der Waals surface area contributed by atoms with Gasteiger partial charge in [0.2, 0.25) is 5.91 Å². The lowest BCUT2D eigenvalue weighted by atomic mass is 10.1. The summed E-state index contributed by atoms with van der Waals surface area (Å²) in [5.74, 6) is -0.262. The molecule has 1 aliphatic heterocycles. The van der Waals surface area contributed by atoms with Crippen LogP contribution in [0.4, 0.5) is 4.39 Å². The number of hydrogen-bond donors (Lipinski definition) is 0. The van der Waals surface area contributed by atoms with Crippen molar-refractivity contribution in [1.82, 2.24) is 14.8 Å². The number of aromatic nitrogens is 1. The van der Waals surface area contributed by atoms with E-state index in [-0.39, 0.29) is 18.1 Å². The van der Waals surface area contributed by atoms with Crippen molar-refractivity contribution in [1.29, 1.82) is 0 Å². The summed E-state index contributed by atoms with van der Waals surface area (Å²) in [6.07, 6.45) is 3.63. The quantitative estimate of drug-likeness (QED) is 0.853. The van der Waals surface area contributed by atoms with E-state index >= 15 is 0 Å². The molecule has 2 heterocycles. The van der Waals surface area contributed by atoms with E-state index in [1.807, 2.05) is 11.0 Å². The van der Waals surface area contributed by atoms with E-state index < -0.39 is 0 Å². The minimum absolute atomic E-state index is 0.0437. The molecule has 126 valence electrons. The number of amides is 1. The Balaban J connectivity index is 1.51. The minimum Gasteiger partial charge on any atom is -0.340 e. The third kappa shape index (κ3) is 4.30. The Kier molecular flexibility index (Phi) is 5.43. The highest BCUT2D eigenvalue weighted by Gasteiger charge is 2.21. The number of rotatable bonds is 4. The Bertz CT molecular complexity index is 717. The number of benzene rings is 1. The average molecular weight is 348 g/mol. The number of hydrogen-bond acceptors (Lipinski definition) is 3. The van der Waals surface area contributed by atoms with Crippen molar-refractivity contribution >= 4 is 17.5 Å². The number of pyridine rings is 1. The Morgan fingerprint density at radius 2 is 2.00 bits per heavy atom. The highest BCUT2D eigenvalue weighted by atomic mass is 35.5. The van der Waals surface area contributed by atoms with Gasteiger partial charge in [-0.15, -0.1) is 0 Å². The molecule has 3 rings (SSSR count). The van der Waals surface area contributed by atoms with Crippen LogP contribution in [0.1, 0.15) is 11.1 Å². The van der Waals surface area contributed by atoms with Crippen molar-refractivity contribution in [2.45, 2.75) is 13.0 Å². The summed E-state index contributed by atoms with van der Waals surface area (Å²) >= 11 is 6.14. The summed E-state index contributed by atoms with van der Waals surface area (Å²) in [6.45, 7) is 3.71. The maximum atomic E-state index is 13.2. The zero-order valence-corrected chi connectivity index (χ0v) is 14.0. The molecule has 0 bridgehead atoms. The number of halogens is 2. The van der Waals surface area contributed by atoms with E-state index in [1.54, 1.807) is 24.5 Å². The maximum Gasteiger partial charge on any atom is 0.227 e. The second kappa shape index (κ2) is 7.73. The summed E-state index contributed by atoms with van der Waals surface area (Å²) < 4.78 is 13.2. The minimum atomic E-state index is -0.306. The Morgan fingerprint density at radius 3 is 2.71 bits per heavy atom. The zero-order chi connectivity index (χ0) is 16.9. The van der Waals surface area contributed by atoms with E-state index in [0.29, 0.717) is 23.7 Å². The van der Waals surface area contributed by atoms with Gasteiger partial charge in [-0.2, -0.15) is 0 Å². The van der Waals surface area contributed by atoms with Gasteiger partial charge in [-0.3, -0.25) is 14.7 Å². The summed E-state index contributed by atoms with van der Waals surface area (Å²) in [5, 5.41) is 0.669. The van der Waals surface area contributed by atoms with Gasteiger partial charge < -0.3 is 4.90 Å². The van der Waals surface area contributed by atoms with Crippen molar-refractivity contribution in [3.8, 4) is 0 Å². The molecule has 1 fully saturated rings. The molecule has 1 aliphatic rings. The molecular formula is C18H19ClFN3O. The smallest absolute Gasteiger partial charge is 0.227 e. The van der Waals surface area contributed by atoms with Crippen molar-refractivity contribution in [3.05, 3.63) is 64.7 Å². The van der Waals surface area contributed by atoms with E-state index in [0.717, 1.165) is 25.2 Å². The molecule has 0 aliphatic carbocycles. The van der Waals surface area contributed by atoms with Gasteiger partial charge in [0.25, 0.3) is 0 Å². The molecule has 6 heteroatoms. The first-order valence-corrected chi connectivity index (χ1v) is 8.32. The van der Waals surface area contributed by atoms with Crippen LogP contribution in [0, 0.1) is 5.82 Å². The highest BCUT2D eigenvalue weighted by molar-refractivity contribution is 6.31. The zero-order valence-electron chi connectivity index (χ0n) is 13.3. The van der Waals surface area contributed by atoms with Crippen LogP contribution in [0.3, 0.4) is 0 Å². The Labute approximate surface area is 145 Å². The summed E-state index contributed by atoms with van der Waals surface area (Å²) in [4.78, 5) is 20.5.